The van der Waals surface area contributed by atoms with Crippen molar-refractivity contribution in [3.63, 3.8) is 0 Å². The Balaban J connectivity index is 0.000000566. The van der Waals surface area contributed by atoms with Crippen molar-refractivity contribution in [2.24, 2.45) is 0 Å². The Bertz CT molecular complexity index is 1480. The van der Waals surface area contributed by atoms with Gasteiger partial charge in [0.1, 0.15) is 17.7 Å². The van der Waals surface area contributed by atoms with E-state index < -0.39 is 50.9 Å². The van der Waals surface area contributed by atoms with Crippen molar-refractivity contribution >= 4 is 21.9 Å². The van der Waals surface area contributed by atoms with Gasteiger partial charge in [0.15, 0.2) is 0 Å². The second-order valence-corrected chi connectivity index (χ2v) is 12.9. The van der Waals surface area contributed by atoms with Gasteiger partial charge in [0.05, 0.1) is 16.4 Å². The van der Waals surface area contributed by atoms with Crippen molar-refractivity contribution in [2.75, 3.05) is 13.1 Å². The van der Waals surface area contributed by atoms with Crippen LogP contribution in [0.25, 0.3) is 0 Å². The molecule has 0 spiro atoms. The highest BCUT2D eigenvalue weighted by Crippen LogP contribution is 2.43. The average Bonchev–Trinajstić information content (AvgIpc) is 3.82. The number of hydrogen-bond donors (Lipinski definition) is 2. The number of halogens is 7. The highest BCUT2D eigenvalue weighted by molar-refractivity contribution is 7.91. The summed E-state index contributed by atoms with van der Waals surface area (Å²) >= 11 is 0. The van der Waals surface area contributed by atoms with Gasteiger partial charge in [0.25, 0.3) is 5.91 Å². The van der Waals surface area contributed by atoms with Crippen molar-refractivity contribution in [1.29, 1.82) is 0 Å². The van der Waals surface area contributed by atoms with Crippen LogP contribution in [0.15, 0.2) is 36.4 Å². The minimum atomic E-state index is -5.08. The average molecular weight is 655 g/mol. The van der Waals surface area contributed by atoms with E-state index in [9.17, 15) is 43.9 Å². The fourth-order valence-electron chi connectivity index (χ4n) is 4.73. The molecule has 1 saturated heterocycles. The number of likely N-dealkylation sites (tertiary alicyclic amines) is 1. The lowest BCUT2D eigenvalue weighted by Gasteiger charge is -2.32. The number of sulfonamides is 1. The molecule has 16 heteroatoms. The quantitative estimate of drug-likeness (QED) is 0.356. The number of carbonyl (C=O) groups excluding carboxylic acids is 1. The maximum absolute atomic E-state index is 15.0. The summed E-state index contributed by atoms with van der Waals surface area (Å²) in [4.78, 5) is 23.6. The van der Waals surface area contributed by atoms with E-state index in [4.69, 9.17) is 14.6 Å². The molecular formula is C28H29F7N2O6S. The number of benzene rings is 2. The first kappa shape index (κ1) is 33.5. The molecule has 5 rings (SSSR count). The first-order valence-electron chi connectivity index (χ1n) is 13.7. The first-order valence-corrected chi connectivity index (χ1v) is 15.2. The van der Waals surface area contributed by atoms with Crippen molar-refractivity contribution in [2.45, 2.75) is 74.7 Å². The molecule has 1 aliphatic heterocycles. The lowest BCUT2D eigenvalue weighted by Crippen LogP contribution is -2.38. The fourth-order valence-corrected chi connectivity index (χ4v) is 6.02. The zero-order valence-corrected chi connectivity index (χ0v) is 23.9. The van der Waals surface area contributed by atoms with Crippen LogP contribution in [-0.2, 0) is 27.5 Å². The van der Waals surface area contributed by atoms with Gasteiger partial charge in [-0.15, -0.1) is 0 Å². The number of rotatable bonds is 8. The van der Waals surface area contributed by atoms with Crippen molar-refractivity contribution in [3.05, 3.63) is 64.5 Å². The van der Waals surface area contributed by atoms with Gasteiger partial charge < -0.3 is 9.84 Å². The van der Waals surface area contributed by atoms with Crippen LogP contribution < -0.4 is 9.46 Å². The summed E-state index contributed by atoms with van der Waals surface area (Å²) < 4.78 is 118. The molecule has 44 heavy (non-hydrogen) atoms. The molecule has 3 fully saturated rings. The second kappa shape index (κ2) is 12.9. The molecule has 3 aliphatic rings. The molecule has 0 aromatic heterocycles. The number of carboxylic acid groups (broad SMARTS) is 1. The Morgan fingerprint density at radius 3 is 2.09 bits per heavy atom. The molecular weight excluding hydrogens is 625 g/mol. The van der Waals surface area contributed by atoms with Crippen LogP contribution in [0.2, 0.25) is 0 Å². The zero-order chi connectivity index (χ0) is 32.4. The number of alkyl halides is 6. The maximum Gasteiger partial charge on any atom is 0.490 e. The van der Waals surface area contributed by atoms with Gasteiger partial charge in [-0.2, -0.15) is 26.3 Å². The Hall–Kier alpha value is -3.40. The van der Waals surface area contributed by atoms with Gasteiger partial charge in [-0.25, -0.2) is 22.3 Å². The van der Waals surface area contributed by atoms with Gasteiger partial charge in [-0.1, -0.05) is 6.07 Å². The van der Waals surface area contributed by atoms with Gasteiger partial charge in [-0.05, 0) is 85.9 Å². The van der Waals surface area contributed by atoms with Gasteiger partial charge >= 0.3 is 18.3 Å². The molecule has 0 bridgehead atoms. The van der Waals surface area contributed by atoms with Crippen LogP contribution in [0.1, 0.15) is 71.5 Å². The number of piperidine rings is 1. The van der Waals surface area contributed by atoms with E-state index in [-0.39, 0.29) is 23.3 Å². The summed E-state index contributed by atoms with van der Waals surface area (Å²) in [5, 5.41) is 6.54. The van der Waals surface area contributed by atoms with E-state index in [1.54, 1.807) is 0 Å². The van der Waals surface area contributed by atoms with Crippen LogP contribution in [0.3, 0.4) is 0 Å². The van der Waals surface area contributed by atoms with E-state index in [0.29, 0.717) is 45.3 Å². The number of ether oxygens (including phenoxy) is 1. The molecule has 2 saturated carbocycles. The largest absolute Gasteiger partial charge is 0.490 e. The summed E-state index contributed by atoms with van der Waals surface area (Å²) in [5.74, 6) is -4.06. The zero-order valence-electron chi connectivity index (χ0n) is 23.0. The minimum Gasteiger partial charge on any atom is -0.490 e. The van der Waals surface area contributed by atoms with E-state index in [1.807, 2.05) is 4.72 Å². The summed E-state index contributed by atoms with van der Waals surface area (Å²) in [6.45, 7) is 1.70. The van der Waals surface area contributed by atoms with E-state index >= 15 is 0 Å². The summed E-state index contributed by atoms with van der Waals surface area (Å²) in [7, 11) is -3.78. The number of nitrogens with zero attached hydrogens (tertiary/aromatic N) is 1. The van der Waals surface area contributed by atoms with E-state index in [2.05, 4.69) is 4.90 Å². The second-order valence-electron chi connectivity index (χ2n) is 10.9. The normalized spacial score (nSPS) is 18.2. The summed E-state index contributed by atoms with van der Waals surface area (Å²) in [6, 6.07) is 7.67. The maximum atomic E-state index is 15.0. The molecule has 1 heterocycles. The first-order chi connectivity index (χ1) is 20.4. The van der Waals surface area contributed by atoms with E-state index in [0.717, 1.165) is 36.1 Å². The lowest BCUT2D eigenvalue weighted by atomic mass is 9.97. The number of nitrogens with one attached hydrogen (secondary N) is 1. The lowest BCUT2D eigenvalue weighted by molar-refractivity contribution is -0.192. The molecule has 1 amide bonds. The summed E-state index contributed by atoms with van der Waals surface area (Å²) in [5.41, 5.74) is 0.610. The predicted octanol–water partition coefficient (Wildman–Crippen LogP) is 5.62. The molecule has 0 unspecified atom stereocenters. The fraction of sp³-hybridized carbons (Fsp3) is 0.500. The number of hydrogen-bond acceptors (Lipinski definition) is 6. The number of aliphatic carboxylic acids is 1. The standard InChI is InChI=1S/C26H28F4N2O4S.C2HF3O2/c27-24-12-17(22(16-4-5-16)14-23(24)25(33)31-37(34,35)21-6-7-21)15-32-10-8-19(9-11-32)36-20-3-1-2-18(13-20)26(28,29)30;3-2(4,5)1(6)7/h1-3,12-14,16,19,21H,4-11,15H2,(H,31,33);(H,6,7). The Morgan fingerprint density at radius 2 is 1.57 bits per heavy atom. The Morgan fingerprint density at radius 1 is 0.955 bits per heavy atom. The Labute approximate surface area is 248 Å². The minimum absolute atomic E-state index is 0.184. The van der Waals surface area contributed by atoms with Crippen LogP contribution in [0.5, 0.6) is 5.75 Å². The van der Waals surface area contributed by atoms with Gasteiger partial charge in [0.2, 0.25) is 10.0 Å². The highest BCUT2D eigenvalue weighted by Gasteiger charge is 2.39. The third-order valence-electron chi connectivity index (χ3n) is 7.32. The van der Waals surface area contributed by atoms with Crippen LogP contribution in [0, 0.1) is 5.82 Å². The molecule has 2 N–H and O–H groups in total. The molecule has 0 atom stereocenters. The SMILES string of the molecule is O=C(NS(=O)(=O)C1CC1)c1cc(C2CC2)c(CN2CCC(Oc3cccc(C(F)(F)F)c3)CC2)cc1F.O=C(O)C(F)(F)F. The molecule has 242 valence electrons. The topological polar surface area (TPSA) is 113 Å². The molecule has 0 radical (unpaired) electrons. The van der Waals surface area contributed by atoms with Crippen molar-refractivity contribution in [3.8, 4) is 5.75 Å². The van der Waals surface area contributed by atoms with Crippen LogP contribution >= 0.6 is 0 Å². The van der Waals surface area contributed by atoms with Crippen LogP contribution in [0.4, 0.5) is 30.7 Å². The van der Waals surface area contributed by atoms with Gasteiger partial charge in [0, 0.05) is 19.6 Å². The monoisotopic (exact) mass is 654 g/mol. The number of carboxylic acids is 1. The smallest absolute Gasteiger partial charge is 0.490 e. The molecule has 2 aliphatic carbocycles. The van der Waals surface area contributed by atoms with Crippen LogP contribution in [-0.4, -0.2) is 60.9 Å². The van der Waals surface area contributed by atoms with Crippen molar-refractivity contribution in [1.82, 2.24) is 9.62 Å². The van der Waals surface area contributed by atoms with E-state index in [1.165, 1.54) is 24.3 Å². The molecule has 8 nitrogen and oxygen atoms in total. The highest BCUT2D eigenvalue weighted by atomic mass is 32.2. The predicted molar refractivity (Wildman–Crippen MR) is 142 cm³/mol. The van der Waals surface area contributed by atoms with Gasteiger partial charge in [-0.3, -0.25) is 9.69 Å². The third-order valence-corrected chi connectivity index (χ3v) is 9.14. The third kappa shape index (κ3) is 9.06. The van der Waals surface area contributed by atoms with Crippen molar-refractivity contribution < 1.29 is 58.6 Å². The Kier molecular flexibility index (Phi) is 9.83. The summed E-state index contributed by atoms with van der Waals surface area (Å²) in [6.07, 6.45) is -5.68. The number of amides is 1. The molecule has 2 aromatic carbocycles. The molecule has 2 aromatic rings. The number of carbonyl (C=O) groups is 2.